The van der Waals surface area contributed by atoms with Crippen LogP contribution in [0.3, 0.4) is 0 Å². The predicted molar refractivity (Wildman–Crippen MR) is 105 cm³/mol. The SMILES string of the molecule is COCCOCCOCCOCCOCCOCCOC1(C(=N)N)CCCC1. The molecular weight excluding hydrogens is 368 g/mol. The Bertz CT molecular complexity index is 379. The zero-order valence-electron chi connectivity index (χ0n) is 17.2. The molecule has 0 heterocycles. The molecule has 166 valence electrons. The summed E-state index contributed by atoms with van der Waals surface area (Å²) in [7, 11) is 1.65. The summed E-state index contributed by atoms with van der Waals surface area (Å²) in [6, 6.07) is 0. The van der Waals surface area contributed by atoms with Gasteiger partial charge in [0.15, 0.2) is 0 Å². The minimum atomic E-state index is -0.558. The van der Waals surface area contributed by atoms with Gasteiger partial charge in [-0.25, -0.2) is 0 Å². The third-order valence-corrected chi connectivity index (χ3v) is 4.43. The molecule has 0 spiro atoms. The fourth-order valence-electron chi connectivity index (χ4n) is 2.86. The van der Waals surface area contributed by atoms with Crippen LogP contribution in [-0.4, -0.2) is 97.8 Å². The number of hydrogen-bond acceptors (Lipinski definition) is 8. The molecule has 28 heavy (non-hydrogen) atoms. The Kier molecular flexibility index (Phi) is 15.4. The molecule has 1 saturated carbocycles. The minimum absolute atomic E-state index is 0.133. The topological polar surface area (TPSA) is 114 Å². The third-order valence-electron chi connectivity index (χ3n) is 4.43. The van der Waals surface area contributed by atoms with Gasteiger partial charge in [-0.3, -0.25) is 5.41 Å². The second-order valence-corrected chi connectivity index (χ2v) is 6.52. The van der Waals surface area contributed by atoms with E-state index in [0.717, 1.165) is 25.7 Å². The minimum Gasteiger partial charge on any atom is -0.385 e. The molecule has 0 radical (unpaired) electrons. The van der Waals surface area contributed by atoms with E-state index in [2.05, 4.69) is 0 Å². The zero-order chi connectivity index (χ0) is 20.3. The van der Waals surface area contributed by atoms with Crippen LogP contribution in [0.4, 0.5) is 0 Å². The molecule has 0 amide bonds. The monoisotopic (exact) mass is 406 g/mol. The summed E-state index contributed by atoms with van der Waals surface area (Å²) >= 11 is 0. The van der Waals surface area contributed by atoms with Gasteiger partial charge >= 0.3 is 0 Å². The average Bonchev–Trinajstić information content (AvgIpc) is 3.17. The van der Waals surface area contributed by atoms with Gasteiger partial charge in [-0.2, -0.15) is 0 Å². The van der Waals surface area contributed by atoms with E-state index in [1.54, 1.807) is 7.11 Å². The van der Waals surface area contributed by atoms with E-state index in [1.807, 2.05) is 0 Å². The Hall–Kier alpha value is -0.810. The van der Waals surface area contributed by atoms with Crippen LogP contribution in [0.2, 0.25) is 0 Å². The van der Waals surface area contributed by atoms with Gasteiger partial charge in [0.1, 0.15) is 11.4 Å². The molecule has 0 saturated heterocycles. The lowest BCUT2D eigenvalue weighted by Gasteiger charge is -2.27. The smallest absolute Gasteiger partial charge is 0.124 e. The van der Waals surface area contributed by atoms with Crippen LogP contribution in [-0.2, 0) is 33.2 Å². The van der Waals surface area contributed by atoms with Gasteiger partial charge < -0.3 is 38.9 Å². The van der Waals surface area contributed by atoms with Crippen LogP contribution >= 0.6 is 0 Å². The molecule has 1 aliphatic carbocycles. The second kappa shape index (κ2) is 17.1. The number of ether oxygens (including phenoxy) is 7. The van der Waals surface area contributed by atoms with E-state index < -0.39 is 5.60 Å². The molecule has 1 rings (SSSR count). The Morgan fingerprint density at radius 2 is 1.04 bits per heavy atom. The molecule has 9 heteroatoms. The van der Waals surface area contributed by atoms with Crippen molar-refractivity contribution in [3.05, 3.63) is 0 Å². The van der Waals surface area contributed by atoms with Gasteiger partial charge in [0.2, 0.25) is 0 Å². The first-order chi connectivity index (χ1) is 13.7. The molecule has 1 aliphatic rings. The standard InChI is InChI=1S/C19H38N2O7/c1-22-6-7-23-8-9-24-10-11-25-12-13-26-14-15-27-16-17-28-19(18(20)21)4-2-3-5-19/h2-17H2,1H3,(H3,20,21). The van der Waals surface area contributed by atoms with Crippen LogP contribution in [0.25, 0.3) is 0 Å². The van der Waals surface area contributed by atoms with Crippen LogP contribution < -0.4 is 5.73 Å². The van der Waals surface area contributed by atoms with Crippen molar-refractivity contribution in [3.8, 4) is 0 Å². The van der Waals surface area contributed by atoms with Gasteiger partial charge in [-0.1, -0.05) is 0 Å². The molecular formula is C19H38N2O7. The van der Waals surface area contributed by atoms with Crippen molar-refractivity contribution in [3.63, 3.8) is 0 Å². The third kappa shape index (κ3) is 11.9. The maximum absolute atomic E-state index is 7.71. The Balaban J connectivity index is 1.76. The summed E-state index contributed by atoms with van der Waals surface area (Å²) in [6.45, 7) is 6.36. The van der Waals surface area contributed by atoms with E-state index >= 15 is 0 Å². The van der Waals surface area contributed by atoms with E-state index in [0.29, 0.717) is 79.3 Å². The number of amidine groups is 1. The van der Waals surface area contributed by atoms with Crippen LogP contribution in [0.5, 0.6) is 0 Å². The van der Waals surface area contributed by atoms with E-state index in [9.17, 15) is 0 Å². The molecule has 0 unspecified atom stereocenters. The molecule has 0 aromatic carbocycles. The first-order valence-corrected chi connectivity index (χ1v) is 10.1. The summed E-state index contributed by atoms with van der Waals surface area (Å²) in [4.78, 5) is 0. The molecule has 0 aromatic heterocycles. The highest BCUT2D eigenvalue weighted by Crippen LogP contribution is 2.32. The van der Waals surface area contributed by atoms with Crippen LogP contribution in [0.15, 0.2) is 0 Å². The van der Waals surface area contributed by atoms with Crippen molar-refractivity contribution in [2.45, 2.75) is 31.3 Å². The van der Waals surface area contributed by atoms with Crippen molar-refractivity contribution in [2.75, 3.05) is 86.4 Å². The molecule has 9 nitrogen and oxygen atoms in total. The Morgan fingerprint density at radius 1 is 0.679 bits per heavy atom. The first-order valence-electron chi connectivity index (χ1n) is 10.1. The summed E-state index contributed by atoms with van der Waals surface area (Å²) in [5.41, 5.74) is 5.12. The van der Waals surface area contributed by atoms with Gasteiger partial charge in [-0.15, -0.1) is 0 Å². The zero-order valence-corrected chi connectivity index (χ0v) is 17.2. The van der Waals surface area contributed by atoms with Crippen molar-refractivity contribution < 1.29 is 33.2 Å². The van der Waals surface area contributed by atoms with E-state index in [-0.39, 0.29) is 5.84 Å². The van der Waals surface area contributed by atoms with Gasteiger partial charge in [0.05, 0.1) is 79.3 Å². The lowest BCUT2D eigenvalue weighted by molar-refractivity contribution is -0.0395. The van der Waals surface area contributed by atoms with E-state index in [1.165, 1.54) is 0 Å². The van der Waals surface area contributed by atoms with Gasteiger partial charge in [0.25, 0.3) is 0 Å². The summed E-state index contributed by atoms with van der Waals surface area (Å²) in [6.07, 6.45) is 3.79. The van der Waals surface area contributed by atoms with Crippen LogP contribution in [0.1, 0.15) is 25.7 Å². The fraction of sp³-hybridized carbons (Fsp3) is 0.947. The number of rotatable bonds is 20. The highest BCUT2D eigenvalue weighted by atomic mass is 16.6. The van der Waals surface area contributed by atoms with Crippen molar-refractivity contribution in [1.29, 1.82) is 5.41 Å². The number of nitrogens with one attached hydrogen (secondary N) is 1. The molecule has 3 N–H and O–H groups in total. The van der Waals surface area contributed by atoms with Crippen molar-refractivity contribution in [2.24, 2.45) is 5.73 Å². The quantitative estimate of drug-likeness (QED) is 0.175. The average molecular weight is 407 g/mol. The molecule has 0 bridgehead atoms. The van der Waals surface area contributed by atoms with Crippen LogP contribution in [0, 0.1) is 5.41 Å². The predicted octanol–water partition coefficient (Wildman–Crippen LogP) is 0.981. The van der Waals surface area contributed by atoms with Gasteiger partial charge in [0, 0.05) is 7.11 Å². The Morgan fingerprint density at radius 3 is 1.39 bits per heavy atom. The highest BCUT2D eigenvalue weighted by Gasteiger charge is 2.37. The van der Waals surface area contributed by atoms with Gasteiger partial charge in [-0.05, 0) is 25.7 Å². The first kappa shape index (κ1) is 25.2. The highest BCUT2D eigenvalue weighted by molar-refractivity contribution is 5.86. The maximum Gasteiger partial charge on any atom is 0.124 e. The summed E-state index contributed by atoms with van der Waals surface area (Å²) in [5.74, 6) is 0.133. The summed E-state index contributed by atoms with van der Waals surface area (Å²) in [5, 5.41) is 7.71. The molecule has 0 atom stereocenters. The van der Waals surface area contributed by atoms with Crippen molar-refractivity contribution >= 4 is 5.84 Å². The normalized spacial score (nSPS) is 15.9. The molecule has 0 aromatic rings. The lowest BCUT2D eigenvalue weighted by atomic mass is 10.0. The van der Waals surface area contributed by atoms with Crippen molar-refractivity contribution in [1.82, 2.24) is 0 Å². The van der Waals surface area contributed by atoms with E-state index in [4.69, 9.17) is 44.3 Å². The molecule has 0 aliphatic heterocycles. The lowest BCUT2D eigenvalue weighted by Crippen LogP contribution is -2.44. The Labute approximate surface area is 168 Å². The fourth-order valence-corrected chi connectivity index (χ4v) is 2.86. The number of nitrogens with two attached hydrogens (primary N) is 1. The summed E-state index contributed by atoms with van der Waals surface area (Å²) < 4.78 is 37.7. The maximum atomic E-state index is 7.71. The number of hydrogen-bond donors (Lipinski definition) is 2. The number of methoxy groups -OCH3 is 1. The second-order valence-electron chi connectivity index (χ2n) is 6.52. The molecule has 1 fully saturated rings. The largest absolute Gasteiger partial charge is 0.385 e.